The first-order valence-electron chi connectivity index (χ1n) is 6.51. The number of thiazole rings is 1. The molecule has 96 valence electrons. The van der Waals surface area contributed by atoms with Crippen molar-refractivity contribution >= 4 is 22.3 Å². The van der Waals surface area contributed by atoms with Crippen molar-refractivity contribution in [2.45, 2.75) is 19.9 Å². The minimum absolute atomic E-state index is 0.946. The Morgan fingerprint density at radius 2 is 2.21 bits per heavy atom. The van der Waals surface area contributed by atoms with Crippen LogP contribution in [0.2, 0.25) is 0 Å². The first-order valence-corrected chi connectivity index (χ1v) is 7.32. The van der Waals surface area contributed by atoms with E-state index in [9.17, 15) is 0 Å². The second kappa shape index (κ2) is 4.18. The van der Waals surface area contributed by atoms with Gasteiger partial charge in [-0.05, 0) is 13.0 Å². The van der Waals surface area contributed by atoms with E-state index in [0.717, 1.165) is 41.4 Å². The highest BCUT2D eigenvalue weighted by atomic mass is 32.1. The van der Waals surface area contributed by atoms with Crippen LogP contribution >= 0.6 is 11.3 Å². The van der Waals surface area contributed by atoms with Gasteiger partial charge in [-0.1, -0.05) is 18.2 Å². The first-order chi connectivity index (χ1) is 9.33. The van der Waals surface area contributed by atoms with Crippen molar-refractivity contribution in [3.05, 3.63) is 40.6 Å². The second-order valence-electron chi connectivity index (χ2n) is 4.85. The second-order valence-corrected chi connectivity index (χ2v) is 5.93. The molecule has 1 N–H and O–H groups in total. The van der Waals surface area contributed by atoms with Gasteiger partial charge in [-0.2, -0.15) is 0 Å². The van der Waals surface area contributed by atoms with Crippen molar-refractivity contribution in [1.29, 1.82) is 0 Å². The van der Waals surface area contributed by atoms with Gasteiger partial charge in [-0.15, -0.1) is 11.3 Å². The van der Waals surface area contributed by atoms with Gasteiger partial charge >= 0.3 is 0 Å². The highest BCUT2D eigenvalue weighted by Crippen LogP contribution is 2.38. The molecule has 0 fully saturated rings. The van der Waals surface area contributed by atoms with Crippen LogP contribution in [0.15, 0.2) is 28.7 Å². The maximum atomic E-state index is 5.84. The van der Waals surface area contributed by atoms with Gasteiger partial charge in [0.25, 0.3) is 0 Å². The molecule has 0 unspecified atom stereocenters. The van der Waals surface area contributed by atoms with Crippen LogP contribution in [0.1, 0.15) is 16.3 Å². The third-order valence-electron chi connectivity index (χ3n) is 3.59. The molecule has 0 aliphatic carbocycles. The molecule has 1 aliphatic heterocycles. The van der Waals surface area contributed by atoms with Crippen LogP contribution in [-0.4, -0.2) is 11.5 Å². The Morgan fingerprint density at radius 3 is 3.11 bits per heavy atom. The zero-order valence-corrected chi connectivity index (χ0v) is 11.5. The fraction of sp³-hybridized carbons (Fsp3) is 0.267. The molecule has 4 heteroatoms. The van der Waals surface area contributed by atoms with Crippen LogP contribution in [0, 0.1) is 6.92 Å². The van der Waals surface area contributed by atoms with Gasteiger partial charge in [0.2, 0.25) is 0 Å². The Kier molecular flexibility index (Phi) is 2.47. The topological polar surface area (TPSA) is 38.1 Å². The number of aryl methyl sites for hydroxylation is 1. The molecule has 0 spiro atoms. The molecule has 1 aromatic carbocycles. The zero-order valence-electron chi connectivity index (χ0n) is 10.7. The van der Waals surface area contributed by atoms with Gasteiger partial charge in [0.05, 0.1) is 11.3 Å². The smallest absolute Gasteiger partial charge is 0.135 e. The molecule has 3 heterocycles. The summed E-state index contributed by atoms with van der Waals surface area (Å²) < 4.78 is 5.84. The SMILES string of the molecule is Cc1oc2ccccc2c1-c1nc2c(s1)CNCC2. The van der Waals surface area contributed by atoms with Crippen molar-refractivity contribution in [3.8, 4) is 10.6 Å². The van der Waals surface area contributed by atoms with Gasteiger partial charge in [-0.3, -0.25) is 0 Å². The van der Waals surface area contributed by atoms with E-state index >= 15 is 0 Å². The van der Waals surface area contributed by atoms with Crippen LogP contribution < -0.4 is 5.32 Å². The summed E-state index contributed by atoms with van der Waals surface area (Å²) >= 11 is 1.79. The summed E-state index contributed by atoms with van der Waals surface area (Å²) in [4.78, 5) is 6.19. The normalized spacial score (nSPS) is 14.8. The lowest BCUT2D eigenvalue weighted by atomic mass is 10.1. The molecule has 19 heavy (non-hydrogen) atoms. The van der Waals surface area contributed by atoms with Crippen LogP contribution in [0.5, 0.6) is 0 Å². The average Bonchev–Trinajstić information content (AvgIpc) is 2.97. The summed E-state index contributed by atoms with van der Waals surface area (Å²) in [5.74, 6) is 0.959. The molecule has 3 nitrogen and oxygen atoms in total. The predicted molar refractivity (Wildman–Crippen MR) is 77.5 cm³/mol. The quantitative estimate of drug-likeness (QED) is 0.735. The van der Waals surface area contributed by atoms with Crippen molar-refractivity contribution in [2.24, 2.45) is 0 Å². The van der Waals surface area contributed by atoms with Crippen molar-refractivity contribution < 1.29 is 4.42 Å². The highest BCUT2D eigenvalue weighted by Gasteiger charge is 2.20. The lowest BCUT2D eigenvalue weighted by Crippen LogP contribution is -2.22. The van der Waals surface area contributed by atoms with Gasteiger partial charge in [0.15, 0.2) is 0 Å². The molecule has 3 aromatic rings. The first kappa shape index (κ1) is 11.2. The minimum Gasteiger partial charge on any atom is -0.461 e. The lowest BCUT2D eigenvalue weighted by molar-refractivity contribution is 0.580. The van der Waals surface area contributed by atoms with E-state index in [1.807, 2.05) is 19.1 Å². The number of para-hydroxylation sites is 1. The summed E-state index contributed by atoms with van der Waals surface area (Å²) in [6, 6.07) is 8.18. The summed E-state index contributed by atoms with van der Waals surface area (Å²) in [5, 5.41) is 5.66. The Balaban J connectivity index is 1.94. The van der Waals surface area contributed by atoms with E-state index in [4.69, 9.17) is 9.40 Å². The van der Waals surface area contributed by atoms with Gasteiger partial charge in [0.1, 0.15) is 16.4 Å². The fourth-order valence-corrected chi connectivity index (χ4v) is 3.85. The van der Waals surface area contributed by atoms with Crippen LogP contribution in [0.4, 0.5) is 0 Å². The van der Waals surface area contributed by atoms with E-state index in [1.54, 1.807) is 11.3 Å². The number of furan rings is 1. The van der Waals surface area contributed by atoms with E-state index in [2.05, 4.69) is 17.4 Å². The third-order valence-corrected chi connectivity index (χ3v) is 4.70. The van der Waals surface area contributed by atoms with Crippen LogP contribution in [-0.2, 0) is 13.0 Å². The number of nitrogens with zero attached hydrogens (tertiary/aromatic N) is 1. The van der Waals surface area contributed by atoms with E-state index in [-0.39, 0.29) is 0 Å². The largest absolute Gasteiger partial charge is 0.461 e. The molecule has 0 saturated carbocycles. The number of benzene rings is 1. The Hall–Kier alpha value is -1.65. The number of rotatable bonds is 1. The Morgan fingerprint density at radius 1 is 1.32 bits per heavy atom. The Bertz CT molecular complexity index is 733. The summed E-state index contributed by atoms with van der Waals surface area (Å²) in [5.41, 5.74) is 3.36. The van der Waals surface area contributed by atoms with Crippen LogP contribution in [0.25, 0.3) is 21.5 Å². The minimum atomic E-state index is 0.946. The number of hydrogen-bond donors (Lipinski definition) is 1. The maximum Gasteiger partial charge on any atom is 0.135 e. The van der Waals surface area contributed by atoms with E-state index in [0.29, 0.717) is 0 Å². The number of hydrogen-bond acceptors (Lipinski definition) is 4. The Labute approximate surface area is 115 Å². The molecule has 0 amide bonds. The lowest BCUT2D eigenvalue weighted by Gasteiger charge is -2.09. The molecular weight excluding hydrogens is 256 g/mol. The predicted octanol–water partition coefficient (Wildman–Crippen LogP) is 3.51. The highest BCUT2D eigenvalue weighted by molar-refractivity contribution is 7.15. The number of nitrogens with one attached hydrogen (secondary N) is 1. The molecule has 0 saturated heterocycles. The number of aromatic nitrogens is 1. The molecule has 1 aliphatic rings. The standard InChI is InChI=1S/C15H14N2OS/c1-9-14(10-4-2-3-5-12(10)18-9)15-17-11-6-7-16-8-13(11)19-15/h2-5,16H,6-8H2,1H3. The van der Waals surface area contributed by atoms with E-state index in [1.165, 1.54) is 16.0 Å². The third kappa shape index (κ3) is 1.71. The van der Waals surface area contributed by atoms with Gasteiger partial charge in [0, 0.05) is 29.8 Å². The van der Waals surface area contributed by atoms with E-state index < -0.39 is 0 Å². The van der Waals surface area contributed by atoms with Crippen molar-refractivity contribution in [1.82, 2.24) is 10.3 Å². The molecule has 0 radical (unpaired) electrons. The average molecular weight is 270 g/mol. The number of fused-ring (bicyclic) bond motifs is 2. The van der Waals surface area contributed by atoms with Gasteiger partial charge < -0.3 is 9.73 Å². The monoisotopic (exact) mass is 270 g/mol. The molecular formula is C15H14N2OS. The maximum absolute atomic E-state index is 5.84. The summed E-state index contributed by atoms with van der Waals surface area (Å²) in [7, 11) is 0. The van der Waals surface area contributed by atoms with Gasteiger partial charge in [-0.25, -0.2) is 4.98 Å². The molecule has 4 rings (SSSR count). The van der Waals surface area contributed by atoms with Crippen molar-refractivity contribution in [3.63, 3.8) is 0 Å². The van der Waals surface area contributed by atoms with Crippen LogP contribution in [0.3, 0.4) is 0 Å². The molecule has 0 bridgehead atoms. The zero-order chi connectivity index (χ0) is 12.8. The molecule has 0 atom stereocenters. The molecule has 2 aromatic heterocycles. The summed E-state index contributed by atoms with van der Waals surface area (Å²) in [6.07, 6.45) is 1.03. The fourth-order valence-electron chi connectivity index (χ4n) is 2.67. The van der Waals surface area contributed by atoms with Crippen molar-refractivity contribution in [2.75, 3.05) is 6.54 Å². The summed E-state index contributed by atoms with van der Waals surface area (Å²) in [6.45, 7) is 4.00.